The van der Waals surface area contributed by atoms with Crippen molar-refractivity contribution in [3.8, 4) is 6.07 Å². The van der Waals surface area contributed by atoms with Gasteiger partial charge >= 0.3 is 0 Å². The molecular weight excluding hydrogens is 202 g/mol. The summed E-state index contributed by atoms with van der Waals surface area (Å²) in [5.74, 6) is 0.678. The van der Waals surface area contributed by atoms with Gasteiger partial charge in [0.25, 0.3) is 0 Å². The van der Waals surface area contributed by atoms with Crippen LogP contribution in [0.2, 0.25) is 0 Å². The fraction of sp³-hybridized carbons (Fsp3) is 0.0909. The fourth-order valence-corrected chi connectivity index (χ4v) is 1.29. The van der Waals surface area contributed by atoms with Crippen molar-refractivity contribution in [1.82, 2.24) is 15.0 Å². The maximum absolute atomic E-state index is 8.75. The number of hydrogen-bond donors (Lipinski definition) is 0. The number of aromatic nitrogens is 3. The molecule has 0 atom stereocenters. The van der Waals surface area contributed by atoms with Gasteiger partial charge in [-0.15, -0.1) is 0 Å². The second-order valence-corrected chi connectivity index (χ2v) is 3.14. The predicted octanol–water partition coefficient (Wildman–Crippen LogP) is 1.51. The standard InChI is InChI=1S/C11H9N5/c1-16(10-2-4-13-5-3-10)11-6-9(7-12)14-8-15-11/h2-6,8H,1H3. The summed E-state index contributed by atoms with van der Waals surface area (Å²) in [4.78, 5) is 13.7. The molecule has 0 fully saturated rings. The summed E-state index contributed by atoms with van der Waals surface area (Å²) in [6.07, 6.45) is 4.79. The number of nitriles is 1. The summed E-state index contributed by atoms with van der Waals surface area (Å²) in [6, 6.07) is 7.36. The van der Waals surface area contributed by atoms with Crippen LogP contribution in [0.25, 0.3) is 0 Å². The normalized spacial score (nSPS) is 9.50. The Morgan fingerprint density at radius 1 is 1.25 bits per heavy atom. The molecule has 0 aromatic carbocycles. The average Bonchev–Trinajstić information content (AvgIpc) is 2.39. The zero-order valence-corrected chi connectivity index (χ0v) is 8.70. The molecule has 2 aromatic heterocycles. The predicted molar refractivity (Wildman–Crippen MR) is 59.0 cm³/mol. The Labute approximate surface area is 93.0 Å². The molecule has 78 valence electrons. The molecule has 2 heterocycles. The molecule has 5 heteroatoms. The number of pyridine rings is 1. The minimum Gasteiger partial charge on any atom is -0.329 e. The maximum Gasteiger partial charge on any atom is 0.145 e. The Hall–Kier alpha value is -2.48. The SMILES string of the molecule is CN(c1ccncc1)c1cc(C#N)ncn1. The monoisotopic (exact) mass is 211 g/mol. The van der Waals surface area contributed by atoms with Crippen LogP contribution in [0.1, 0.15) is 5.69 Å². The third kappa shape index (κ3) is 1.96. The summed E-state index contributed by atoms with van der Waals surface area (Å²) < 4.78 is 0. The maximum atomic E-state index is 8.75. The van der Waals surface area contributed by atoms with Crippen LogP contribution in [-0.2, 0) is 0 Å². The first-order chi connectivity index (χ1) is 7.81. The van der Waals surface area contributed by atoms with Gasteiger partial charge in [0, 0.05) is 31.2 Å². The van der Waals surface area contributed by atoms with Crippen molar-refractivity contribution in [2.75, 3.05) is 11.9 Å². The van der Waals surface area contributed by atoms with E-state index in [-0.39, 0.29) is 0 Å². The summed E-state index contributed by atoms with van der Waals surface area (Å²) in [6.45, 7) is 0. The van der Waals surface area contributed by atoms with Gasteiger partial charge in [-0.05, 0) is 12.1 Å². The van der Waals surface area contributed by atoms with Gasteiger partial charge in [0.2, 0.25) is 0 Å². The van der Waals surface area contributed by atoms with Crippen molar-refractivity contribution in [2.24, 2.45) is 0 Å². The van der Waals surface area contributed by atoms with Crippen LogP contribution in [0.4, 0.5) is 11.5 Å². The first-order valence-corrected chi connectivity index (χ1v) is 4.67. The Morgan fingerprint density at radius 2 is 2.00 bits per heavy atom. The lowest BCUT2D eigenvalue weighted by Gasteiger charge is -2.17. The average molecular weight is 211 g/mol. The second kappa shape index (κ2) is 4.36. The highest BCUT2D eigenvalue weighted by Crippen LogP contribution is 2.19. The molecular formula is C11H9N5. The quantitative estimate of drug-likeness (QED) is 0.753. The molecule has 0 amide bonds. The Bertz CT molecular complexity index is 517. The van der Waals surface area contributed by atoms with E-state index in [2.05, 4.69) is 15.0 Å². The van der Waals surface area contributed by atoms with E-state index in [4.69, 9.17) is 5.26 Å². The highest BCUT2D eigenvalue weighted by Gasteiger charge is 2.05. The number of nitrogens with zero attached hydrogens (tertiary/aromatic N) is 5. The third-order valence-electron chi connectivity index (χ3n) is 2.16. The summed E-state index contributed by atoms with van der Waals surface area (Å²) in [7, 11) is 1.87. The van der Waals surface area contributed by atoms with Gasteiger partial charge in [-0.2, -0.15) is 5.26 Å². The smallest absolute Gasteiger partial charge is 0.145 e. The Morgan fingerprint density at radius 3 is 2.69 bits per heavy atom. The molecule has 0 aliphatic heterocycles. The van der Waals surface area contributed by atoms with Crippen molar-refractivity contribution < 1.29 is 0 Å². The van der Waals surface area contributed by atoms with Crippen LogP contribution < -0.4 is 4.90 Å². The molecule has 2 aromatic rings. The first kappa shape index (κ1) is 10.1. The van der Waals surface area contributed by atoms with E-state index in [0.29, 0.717) is 11.5 Å². The molecule has 0 aliphatic carbocycles. The van der Waals surface area contributed by atoms with E-state index in [1.165, 1.54) is 6.33 Å². The molecule has 0 bridgehead atoms. The lowest BCUT2D eigenvalue weighted by Crippen LogP contribution is -2.11. The lowest BCUT2D eigenvalue weighted by atomic mass is 10.3. The van der Waals surface area contributed by atoms with Crippen molar-refractivity contribution in [1.29, 1.82) is 5.26 Å². The van der Waals surface area contributed by atoms with Gasteiger partial charge in [-0.25, -0.2) is 9.97 Å². The lowest BCUT2D eigenvalue weighted by molar-refractivity contribution is 1.06. The van der Waals surface area contributed by atoms with E-state index in [0.717, 1.165) is 5.69 Å². The van der Waals surface area contributed by atoms with E-state index in [1.54, 1.807) is 18.5 Å². The Kier molecular flexibility index (Phi) is 2.74. The fourth-order valence-electron chi connectivity index (χ4n) is 1.29. The second-order valence-electron chi connectivity index (χ2n) is 3.14. The molecule has 0 unspecified atom stereocenters. The largest absolute Gasteiger partial charge is 0.329 e. The molecule has 0 radical (unpaired) electrons. The first-order valence-electron chi connectivity index (χ1n) is 4.67. The van der Waals surface area contributed by atoms with Crippen LogP contribution in [0.5, 0.6) is 0 Å². The summed E-state index contributed by atoms with van der Waals surface area (Å²) >= 11 is 0. The van der Waals surface area contributed by atoms with Gasteiger partial charge in [0.1, 0.15) is 23.9 Å². The van der Waals surface area contributed by atoms with Gasteiger partial charge in [0.05, 0.1) is 0 Å². The van der Waals surface area contributed by atoms with Crippen LogP contribution in [0, 0.1) is 11.3 Å². The van der Waals surface area contributed by atoms with Gasteiger partial charge in [-0.1, -0.05) is 0 Å². The van der Waals surface area contributed by atoms with Crippen LogP contribution >= 0.6 is 0 Å². The minimum atomic E-state index is 0.353. The van der Waals surface area contributed by atoms with Crippen LogP contribution in [0.15, 0.2) is 36.9 Å². The van der Waals surface area contributed by atoms with Gasteiger partial charge in [-0.3, -0.25) is 4.98 Å². The molecule has 0 N–H and O–H groups in total. The van der Waals surface area contributed by atoms with E-state index in [9.17, 15) is 0 Å². The topological polar surface area (TPSA) is 65.7 Å². The van der Waals surface area contributed by atoms with Crippen molar-refractivity contribution in [2.45, 2.75) is 0 Å². The van der Waals surface area contributed by atoms with E-state index < -0.39 is 0 Å². The molecule has 2 rings (SSSR count). The molecule has 0 saturated heterocycles. The summed E-state index contributed by atoms with van der Waals surface area (Å²) in [5.41, 5.74) is 1.31. The zero-order valence-electron chi connectivity index (χ0n) is 8.70. The zero-order chi connectivity index (χ0) is 11.4. The number of rotatable bonds is 2. The van der Waals surface area contributed by atoms with E-state index >= 15 is 0 Å². The van der Waals surface area contributed by atoms with Gasteiger partial charge in [0.15, 0.2) is 0 Å². The highest BCUT2D eigenvalue weighted by atomic mass is 15.2. The van der Waals surface area contributed by atoms with Crippen molar-refractivity contribution >= 4 is 11.5 Å². The summed E-state index contributed by atoms with van der Waals surface area (Å²) in [5, 5.41) is 8.75. The third-order valence-corrected chi connectivity index (χ3v) is 2.16. The molecule has 0 aliphatic rings. The Balaban J connectivity index is 2.35. The van der Waals surface area contributed by atoms with Crippen molar-refractivity contribution in [3.05, 3.63) is 42.6 Å². The van der Waals surface area contributed by atoms with Gasteiger partial charge < -0.3 is 4.90 Å². The minimum absolute atomic E-state index is 0.353. The molecule has 5 nitrogen and oxygen atoms in total. The van der Waals surface area contributed by atoms with Crippen LogP contribution in [0.3, 0.4) is 0 Å². The number of anilines is 2. The van der Waals surface area contributed by atoms with E-state index in [1.807, 2.05) is 30.1 Å². The van der Waals surface area contributed by atoms with Crippen LogP contribution in [-0.4, -0.2) is 22.0 Å². The van der Waals surface area contributed by atoms with Crippen molar-refractivity contribution in [3.63, 3.8) is 0 Å². The molecule has 16 heavy (non-hydrogen) atoms. The molecule has 0 spiro atoms. The highest BCUT2D eigenvalue weighted by molar-refractivity contribution is 5.58. The molecule has 0 saturated carbocycles. The number of hydrogen-bond acceptors (Lipinski definition) is 5.